The van der Waals surface area contributed by atoms with Crippen LogP contribution in [0.15, 0.2) is 12.1 Å². The largest absolute Gasteiger partial charge is 0.372 e. The van der Waals surface area contributed by atoms with E-state index in [0.717, 1.165) is 11.2 Å². The van der Waals surface area contributed by atoms with Crippen LogP contribution in [0, 0.1) is 11.8 Å². The van der Waals surface area contributed by atoms with Crippen molar-refractivity contribution in [3.05, 3.63) is 21.9 Å². The van der Waals surface area contributed by atoms with Crippen LogP contribution >= 0.6 is 11.3 Å². The fourth-order valence-electron chi connectivity index (χ4n) is 0.679. The van der Waals surface area contributed by atoms with Crippen LogP contribution in [0.5, 0.6) is 0 Å². The number of methoxy groups -OCH3 is 1. The first kappa shape index (κ1) is 8.98. The van der Waals surface area contributed by atoms with Gasteiger partial charge in [-0.1, -0.05) is 11.8 Å². The number of rotatable bonds is 2. The highest BCUT2D eigenvalue weighted by Gasteiger charge is 1.93. The maximum Gasteiger partial charge on any atom is 0.160 e. The second-order valence-electron chi connectivity index (χ2n) is 2.05. The van der Waals surface area contributed by atoms with Crippen LogP contribution in [0.3, 0.4) is 0 Å². The van der Waals surface area contributed by atoms with Crippen LogP contribution < -0.4 is 0 Å². The number of aldehydes is 1. The van der Waals surface area contributed by atoms with E-state index in [0.29, 0.717) is 11.5 Å². The molecule has 12 heavy (non-hydrogen) atoms. The van der Waals surface area contributed by atoms with Gasteiger partial charge in [0.15, 0.2) is 6.29 Å². The lowest BCUT2D eigenvalue weighted by Crippen LogP contribution is -1.80. The van der Waals surface area contributed by atoms with Gasteiger partial charge in [-0.2, -0.15) is 0 Å². The minimum atomic E-state index is 0.425. The van der Waals surface area contributed by atoms with Crippen molar-refractivity contribution >= 4 is 17.6 Å². The van der Waals surface area contributed by atoms with Crippen LogP contribution in [-0.4, -0.2) is 20.0 Å². The van der Waals surface area contributed by atoms with Crippen LogP contribution in [0.1, 0.15) is 14.5 Å². The molecule has 0 N–H and O–H groups in total. The summed E-state index contributed by atoms with van der Waals surface area (Å²) >= 11 is 1.39. The average molecular weight is 180 g/mol. The normalized spacial score (nSPS) is 8.75. The van der Waals surface area contributed by atoms with Crippen molar-refractivity contribution in [2.75, 3.05) is 13.7 Å². The Morgan fingerprint density at radius 3 is 3.08 bits per heavy atom. The summed E-state index contributed by atoms with van der Waals surface area (Å²) in [5.41, 5.74) is 0. The smallest absolute Gasteiger partial charge is 0.160 e. The molecule has 1 aromatic rings. The van der Waals surface area contributed by atoms with Gasteiger partial charge < -0.3 is 4.74 Å². The van der Waals surface area contributed by atoms with Gasteiger partial charge in [0.25, 0.3) is 0 Å². The van der Waals surface area contributed by atoms with Gasteiger partial charge in [0.2, 0.25) is 0 Å². The third-order valence-electron chi connectivity index (χ3n) is 1.17. The number of hydrogen-bond donors (Lipinski definition) is 0. The van der Waals surface area contributed by atoms with Crippen LogP contribution in [-0.2, 0) is 4.74 Å². The first-order valence-corrected chi connectivity index (χ1v) is 4.21. The summed E-state index contributed by atoms with van der Waals surface area (Å²) in [6, 6.07) is 3.59. The van der Waals surface area contributed by atoms with E-state index >= 15 is 0 Å². The van der Waals surface area contributed by atoms with E-state index < -0.39 is 0 Å². The minimum absolute atomic E-state index is 0.425. The third kappa shape index (κ3) is 2.50. The van der Waals surface area contributed by atoms with Crippen molar-refractivity contribution in [2.24, 2.45) is 0 Å². The Labute approximate surface area is 75.2 Å². The van der Waals surface area contributed by atoms with E-state index in [1.54, 1.807) is 13.2 Å². The van der Waals surface area contributed by atoms with E-state index in [1.165, 1.54) is 11.3 Å². The molecular formula is C9H8O2S. The summed E-state index contributed by atoms with van der Waals surface area (Å²) in [6.45, 7) is 0.425. The number of hydrogen-bond acceptors (Lipinski definition) is 3. The topological polar surface area (TPSA) is 26.3 Å². The molecule has 0 fully saturated rings. The molecule has 3 heteroatoms. The van der Waals surface area contributed by atoms with Crippen molar-refractivity contribution in [2.45, 2.75) is 0 Å². The SMILES string of the molecule is COCC#Cc1ccc(C=O)s1. The second-order valence-corrected chi connectivity index (χ2v) is 3.17. The quantitative estimate of drug-likeness (QED) is 0.510. The monoisotopic (exact) mass is 180 g/mol. The molecule has 0 atom stereocenters. The van der Waals surface area contributed by atoms with Crippen LogP contribution in [0.25, 0.3) is 0 Å². The molecule has 0 saturated heterocycles. The number of thiophene rings is 1. The summed E-state index contributed by atoms with van der Waals surface area (Å²) in [5.74, 6) is 5.70. The van der Waals surface area contributed by atoms with E-state index in [-0.39, 0.29) is 0 Å². The molecule has 62 valence electrons. The lowest BCUT2D eigenvalue weighted by molar-refractivity contribution is 0.112. The van der Waals surface area contributed by atoms with Crippen LogP contribution in [0.2, 0.25) is 0 Å². The zero-order valence-corrected chi connectivity index (χ0v) is 7.48. The Hall–Kier alpha value is -1.11. The molecule has 0 aliphatic heterocycles. The molecule has 0 radical (unpaired) electrons. The molecule has 0 unspecified atom stereocenters. The Morgan fingerprint density at radius 2 is 2.50 bits per heavy atom. The minimum Gasteiger partial charge on any atom is -0.372 e. The average Bonchev–Trinajstić information content (AvgIpc) is 2.53. The van der Waals surface area contributed by atoms with Gasteiger partial charge >= 0.3 is 0 Å². The second kappa shape index (κ2) is 4.70. The Balaban J connectivity index is 2.65. The lowest BCUT2D eigenvalue weighted by Gasteiger charge is -1.81. The predicted octanol–water partition coefficient (Wildman–Crippen LogP) is 1.56. The van der Waals surface area contributed by atoms with Gasteiger partial charge in [0.05, 0.1) is 9.75 Å². The van der Waals surface area contributed by atoms with Gasteiger partial charge in [-0.15, -0.1) is 11.3 Å². The molecule has 0 bridgehead atoms. The number of carbonyl (C=O) groups excluding carboxylic acids is 1. The fraction of sp³-hybridized carbons (Fsp3) is 0.222. The Bertz CT molecular complexity index is 317. The van der Waals surface area contributed by atoms with Gasteiger partial charge in [-0.25, -0.2) is 0 Å². The van der Waals surface area contributed by atoms with Gasteiger partial charge in [-0.3, -0.25) is 4.79 Å². The van der Waals surface area contributed by atoms with Gasteiger partial charge in [-0.05, 0) is 12.1 Å². The van der Waals surface area contributed by atoms with Crippen molar-refractivity contribution in [1.82, 2.24) is 0 Å². The van der Waals surface area contributed by atoms with Crippen molar-refractivity contribution in [1.29, 1.82) is 0 Å². The van der Waals surface area contributed by atoms with E-state index in [1.807, 2.05) is 6.07 Å². The summed E-state index contributed by atoms with van der Waals surface area (Å²) in [4.78, 5) is 11.9. The van der Waals surface area contributed by atoms with Crippen molar-refractivity contribution < 1.29 is 9.53 Å². The standard InChI is InChI=1S/C9H8O2S/c1-11-6-2-3-8-4-5-9(7-10)12-8/h4-5,7H,6H2,1H3. The van der Waals surface area contributed by atoms with Crippen molar-refractivity contribution in [3.8, 4) is 11.8 Å². The predicted molar refractivity (Wildman–Crippen MR) is 48.5 cm³/mol. The maximum atomic E-state index is 10.3. The summed E-state index contributed by atoms with van der Waals surface area (Å²) in [5, 5.41) is 0. The Morgan fingerprint density at radius 1 is 1.67 bits per heavy atom. The molecule has 0 aromatic carbocycles. The van der Waals surface area contributed by atoms with Crippen molar-refractivity contribution in [3.63, 3.8) is 0 Å². The number of carbonyl (C=O) groups is 1. The first-order valence-electron chi connectivity index (χ1n) is 3.39. The van der Waals surface area contributed by atoms with E-state index in [4.69, 9.17) is 4.74 Å². The van der Waals surface area contributed by atoms with Gasteiger partial charge in [0, 0.05) is 7.11 Å². The fourth-order valence-corrected chi connectivity index (χ4v) is 1.38. The van der Waals surface area contributed by atoms with Crippen LogP contribution in [0.4, 0.5) is 0 Å². The summed E-state index contributed by atoms with van der Waals surface area (Å²) < 4.78 is 4.76. The molecule has 1 aromatic heterocycles. The molecule has 0 aliphatic rings. The highest BCUT2D eigenvalue weighted by molar-refractivity contribution is 7.14. The first-order chi connectivity index (χ1) is 5.86. The molecule has 2 nitrogen and oxygen atoms in total. The highest BCUT2D eigenvalue weighted by Crippen LogP contribution is 2.12. The summed E-state index contributed by atoms with van der Waals surface area (Å²) in [7, 11) is 1.60. The van der Waals surface area contributed by atoms with E-state index in [2.05, 4.69) is 11.8 Å². The number of ether oxygens (including phenoxy) is 1. The molecule has 1 heterocycles. The Kier molecular flexibility index (Phi) is 3.52. The third-order valence-corrected chi connectivity index (χ3v) is 2.10. The molecule has 0 spiro atoms. The molecule has 1 rings (SSSR count). The van der Waals surface area contributed by atoms with E-state index in [9.17, 15) is 4.79 Å². The van der Waals surface area contributed by atoms with Gasteiger partial charge in [0.1, 0.15) is 6.61 Å². The molecule has 0 amide bonds. The maximum absolute atomic E-state index is 10.3. The highest BCUT2D eigenvalue weighted by atomic mass is 32.1. The zero-order chi connectivity index (χ0) is 8.81. The molecular weight excluding hydrogens is 172 g/mol. The lowest BCUT2D eigenvalue weighted by atomic mass is 10.4. The molecule has 0 saturated carbocycles. The molecule has 0 aliphatic carbocycles. The summed E-state index contributed by atoms with van der Waals surface area (Å²) in [6.07, 6.45) is 0.826. The zero-order valence-electron chi connectivity index (χ0n) is 6.66.